The Kier molecular flexibility index (Phi) is 4.34. The Labute approximate surface area is 179 Å². The molecule has 2 N–H and O–H groups in total. The van der Waals surface area contributed by atoms with Crippen LogP contribution in [-0.2, 0) is 11.8 Å². The maximum Gasteiger partial charge on any atom is 0.257 e. The number of piperidine rings is 1. The molecular weight excluding hydrogens is 406 g/mol. The lowest BCUT2D eigenvalue weighted by atomic mass is 9.84. The molecule has 2 aromatic rings. The van der Waals surface area contributed by atoms with Crippen molar-refractivity contribution in [2.45, 2.75) is 37.5 Å². The molecule has 2 spiro atoms. The van der Waals surface area contributed by atoms with Crippen LogP contribution in [0.15, 0.2) is 24.4 Å². The van der Waals surface area contributed by atoms with Crippen molar-refractivity contribution in [2.75, 3.05) is 25.0 Å². The minimum Gasteiger partial charge on any atom is -0.370 e. The van der Waals surface area contributed by atoms with Gasteiger partial charge >= 0.3 is 0 Å². The van der Waals surface area contributed by atoms with E-state index in [4.69, 9.17) is 16.3 Å². The third kappa shape index (κ3) is 3.15. The van der Waals surface area contributed by atoms with Crippen molar-refractivity contribution < 1.29 is 14.3 Å². The van der Waals surface area contributed by atoms with Crippen molar-refractivity contribution in [3.8, 4) is 0 Å². The van der Waals surface area contributed by atoms with Gasteiger partial charge in [-0.3, -0.25) is 14.3 Å². The summed E-state index contributed by atoms with van der Waals surface area (Å²) in [7, 11) is 1.82. The van der Waals surface area contributed by atoms with Crippen LogP contribution < -0.4 is 10.6 Å². The van der Waals surface area contributed by atoms with E-state index in [0.717, 1.165) is 24.2 Å². The number of carbonyl (C=O) groups excluding carboxylic acids is 2. The normalized spacial score (nSPS) is 24.6. The first-order valence-corrected chi connectivity index (χ1v) is 10.5. The van der Waals surface area contributed by atoms with Crippen LogP contribution in [0.3, 0.4) is 0 Å². The van der Waals surface area contributed by atoms with Crippen LogP contribution >= 0.6 is 11.6 Å². The molecule has 9 heteroatoms. The highest BCUT2D eigenvalue weighted by atomic mass is 35.5. The van der Waals surface area contributed by atoms with E-state index in [9.17, 15) is 9.59 Å². The minimum atomic E-state index is -0.635. The SMILES string of the molecule is Cc1nn(C)cc1C(=O)N1CCC2(CC1)CC1(CO2)NC(=O)c2cc(Cl)ccc2N1. The Hall–Kier alpha value is -2.58. The first kappa shape index (κ1) is 19.4. The van der Waals surface area contributed by atoms with Crippen molar-refractivity contribution in [1.82, 2.24) is 20.0 Å². The Morgan fingerprint density at radius 3 is 2.73 bits per heavy atom. The highest BCUT2D eigenvalue weighted by molar-refractivity contribution is 6.31. The molecule has 3 aliphatic rings. The van der Waals surface area contributed by atoms with E-state index in [2.05, 4.69) is 15.7 Å². The van der Waals surface area contributed by atoms with E-state index in [0.29, 0.717) is 42.3 Å². The van der Waals surface area contributed by atoms with E-state index in [1.54, 1.807) is 23.0 Å². The van der Waals surface area contributed by atoms with Gasteiger partial charge in [0.1, 0.15) is 5.66 Å². The lowest BCUT2D eigenvalue weighted by molar-refractivity contribution is -0.0393. The predicted molar refractivity (Wildman–Crippen MR) is 112 cm³/mol. The smallest absolute Gasteiger partial charge is 0.257 e. The average Bonchev–Trinajstić information content (AvgIpc) is 3.22. The number of nitrogens with one attached hydrogen (secondary N) is 2. The molecule has 5 rings (SSSR count). The first-order valence-electron chi connectivity index (χ1n) is 10.1. The Balaban J connectivity index is 1.29. The van der Waals surface area contributed by atoms with E-state index >= 15 is 0 Å². The molecular formula is C21H24ClN5O3. The summed E-state index contributed by atoms with van der Waals surface area (Å²) in [6.07, 6.45) is 3.88. The van der Waals surface area contributed by atoms with Crippen LogP contribution in [0.4, 0.5) is 5.69 Å². The number of hydrogen-bond donors (Lipinski definition) is 2. The predicted octanol–water partition coefficient (Wildman–Crippen LogP) is 2.33. The third-order valence-corrected chi connectivity index (χ3v) is 6.64. The minimum absolute atomic E-state index is 0.0121. The molecule has 4 heterocycles. The summed E-state index contributed by atoms with van der Waals surface area (Å²) in [5, 5.41) is 11.4. The number of aromatic nitrogens is 2. The Morgan fingerprint density at radius 2 is 2.03 bits per heavy atom. The molecule has 1 aromatic heterocycles. The number of anilines is 1. The summed E-state index contributed by atoms with van der Waals surface area (Å²) >= 11 is 6.03. The maximum atomic E-state index is 12.9. The second-order valence-corrected chi connectivity index (χ2v) is 9.03. The van der Waals surface area contributed by atoms with Gasteiger partial charge in [0.15, 0.2) is 0 Å². The van der Waals surface area contributed by atoms with Crippen molar-refractivity contribution in [2.24, 2.45) is 7.05 Å². The van der Waals surface area contributed by atoms with Gasteiger partial charge in [-0.2, -0.15) is 5.10 Å². The number of fused-ring (bicyclic) bond motifs is 1. The van der Waals surface area contributed by atoms with E-state index in [1.807, 2.05) is 24.9 Å². The second kappa shape index (κ2) is 6.72. The third-order valence-electron chi connectivity index (χ3n) is 6.41. The first-order chi connectivity index (χ1) is 14.3. The van der Waals surface area contributed by atoms with Gasteiger partial charge in [0, 0.05) is 43.5 Å². The summed E-state index contributed by atoms with van der Waals surface area (Å²) in [6.45, 7) is 3.47. The molecule has 2 amide bonds. The zero-order valence-electron chi connectivity index (χ0n) is 17.0. The molecule has 0 bridgehead atoms. The number of benzene rings is 1. The fourth-order valence-corrected chi connectivity index (χ4v) is 5.07. The molecule has 158 valence electrons. The topological polar surface area (TPSA) is 88.5 Å². The van der Waals surface area contributed by atoms with Crippen molar-refractivity contribution >= 4 is 29.1 Å². The lowest BCUT2D eigenvalue weighted by Crippen LogP contribution is -2.59. The van der Waals surface area contributed by atoms with Gasteiger partial charge in [0.2, 0.25) is 0 Å². The molecule has 2 fully saturated rings. The second-order valence-electron chi connectivity index (χ2n) is 8.59. The van der Waals surface area contributed by atoms with E-state index in [-0.39, 0.29) is 17.4 Å². The number of likely N-dealkylation sites (tertiary alicyclic amines) is 1. The van der Waals surface area contributed by atoms with E-state index < -0.39 is 5.66 Å². The molecule has 1 aromatic carbocycles. The summed E-state index contributed by atoms with van der Waals surface area (Å²) in [4.78, 5) is 27.4. The number of amides is 2. The largest absolute Gasteiger partial charge is 0.370 e. The molecule has 0 aliphatic carbocycles. The monoisotopic (exact) mass is 429 g/mol. The van der Waals surface area contributed by atoms with Crippen LogP contribution in [0, 0.1) is 6.92 Å². The molecule has 30 heavy (non-hydrogen) atoms. The summed E-state index contributed by atoms with van der Waals surface area (Å²) in [5.74, 6) is -0.135. The van der Waals surface area contributed by atoms with Gasteiger partial charge in [-0.15, -0.1) is 0 Å². The standard InChI is InChI=1S/C21H24ClN5O3/c1-13-16(10-26(2)25-13)19(29)27-7-5-20(6-8-27)11-21(12-30-20)23-17-4-3-14(22)9-15(17)18(28)24-21/h3-4,9-10,23H,5-8,11-12H2,1-2H3,(H,24,28). The molecule has 2 saturated heterocycles. The fraction of sp³-hybridized carbons (Fsp3) is 0.476. The average molecular weight is 430 g/mol. The van der Waals surface area contributed by atoms with Crippen LogP contribution in [0.1, 0.15) is 45.7 Å². The van der Waals surface area contributed by atoms with Gasteiger partial charge in [-0.05, 0) is 38.0 Å². The van der Waals surface area contributed by atoms with Crippen LogP contribution in [0.5, 0.6) is 0 Å². The van der Waals surface area contributed by atoms with Crippen molar-refractivity contribution in [3.05, 3.63) is 46.2 Å². The molecule has 1 atom stereocenters. The van der Waals surface area contributed by atoms with Gasteiger partial charge < -0.3 is 20.3 Å². The quantitative estimate of drug-likeness (QED) is 0.726. The number of hydrogen-bond acceptors (Lipinski definition) is 5. The fourth-order valence-electron chi connectivity index (χ4n) is 4.89. The lowest BCUT2D eigenvalue weighted by Gasteiger charge is -2.41. The zero-order valence-corrected chi connectivity index (χ0v) is 17.8. The van der Waals surface area contributed by atoms with Crippen LogP contribution in [0.25, 0.3) is 0 Å². The molecule has 0 saturated carbocycles. The van der Waals surface area contributed by atoms with Gasteiger partial charge in [0.25, 0.3) is 11.8 Å². The number of nitrogens with zero attached hydrogens (tertiary/aromatic N) is 3. The number of rotatable bonds is 1. The van der Waals surface area contributed by atoms with Crippen LogP contribution in [0.2, 0.25) is 5.02 Å². The summed E-state index contributed by atoms with van der Waals surface area (Å²) in [6, 6.07) is 5.28. The van der Waals surface area contributed by atoms with Crippen molar-refractivity contribution in [3.63, 3.8) is 0 Å². The Morgan fingerprint density at radius 1 is 1.27 bits per heavy atom. The highest BCUT2D eigenvalue weighted by Gasteiger charge is 2.53. The highest BCUT2D eigenvalue weighted by Crippen LogP contribution is 2.43. The Bertz CT molecular complexity index is 1040. The molecule has 3 aliphatic heterocycles. The summed E-state index contributed by atoms with van der Waals surface area (Å²) < 4.78 is 7.93. The van der Waals surface area contributed by atoms with Gasteiger partial charge in [-0.1, -0.05) is 11.6 Å². The molecule has 8 nitrogen and oxygen atoms in total. The van der Waals surface area contributed by atoms with Crippen LogP contribution in [-0.4, -0.2) is 57.5 Å². The van der Waals surface area contributed by atoms with Crippen molar-refractivity contribution in [1.29, 1.82) is 0 Å². The zero-order chi connectivity index (χ0) is 21.1. The number of aryl methyl sites for hydroxylation is 2. The molecule has 0 radical (unpaired) electrons. The number of ether oxygens (including phenoxy) is 1. The van der Waals surface area contributed by atoms with Gasteiger partial charge in [0.05, 0.1) is 29.0 Å². The number of halogens is 1. The summed E-state index contributed by atoms with van der Waals surface area (Å²) in [5.41, 5.74) is 1.71. The van der Waals surface area contributed by atoms with E-state index in [1.165, 1.54) is 0 Å². The molecule has 1 unspecified atom stereocenters. The van der Waals surface area contributed by atoms with Gasteiger partial charge in [-0.25, -0.2) is 0 Å². The maximum absolute atomic E-state index is 12.9. The number of carbonyl (C=O) groups is 2.